The predicted molar refractivity (Wildman–Crippen MR) is 94.5 cm³/mol. The monoisotopic (exact) mass is 376 g/mol. The predicted octanol–water partition coefficient (Wildman–Crippen LogP) is 5.41. The molecule has 0 amide bonds. The van der Waals surface area contributed by atoms with Gasteiger partial charge in [0.15, 0.2) is 0 Å². The molecule has 4 fully saturated rings. The third kappa shape index (κ3) is 2.73. The van der Waals surface area contributed by atoms with Gasteiger partial charge >= 0.3 is 6.18 Å². The number of aryl methyl sites for hydroxylation is 1. The summed E-state index contributed by atoms with van der Waals surface area (Å²) in [7, 11) is 0. The molecule has 0 saturated heterocycles. The molecule has 2 nitrogen and oxygen atoms in total. The van der Waals surface area contributed by atoms with Crippen LogP contribution in [-0.2, 0) is 16.6 Å². The quantitative estimate of drug-likeness (QED) is 0.690. The van der Waals surface area contributed by atoms with E-state index in [1.807, 2.05) is 13.0 Å². The van der Waals surface area contributed by atoms with Gasteiger partial charge in [-0.3, -0.25) is 4.79 Å². The van der Waals surface area contributed by atoms with Crippen LogP contribution in [0.4, 0.5) is 13.2 Å². The zero-order valence-electron chi connectivity index (χ0n) is 15.4. The third-order valence-corrected chi connectivity index (χ3v) is 7.17. The highest BCUT2D eigenvalue weighted by Gasteiger charge is 2.53. The van der Waals surface area contributed by atoms with E-state index in [0.717, 1.165) is 54.4 Å². The lowest BCUT2D eigenvalue weighted by atomic mass is 9.48. The Bertz CT molecular complexity index is 815. The van der Waals surface area contributed by atoms with E-state index >= 15 is 0 Å². The molecule has 0 atom stereocenters. The first-order chi connectivity index (χ1) is 12.7. The summed E-state index contributed by atoms with van der Waals surface area (Å²) in [4.78, 5) is 11.6. The van der Waals surface area contributed by atoms with Gasteiger partial charge in [0, 0.05) is 17.6 Å². The van der Waals surface area contributed by atoms with Crippen molar-refractivity contribution in [2.75, 3.05) is 0 Å². The molecule has 0 aromatic heterocycles. The van der Waals surface area contributed by atoms with Crippen molar-refractivity contribution >= 4 is 5.78 Å². The van der Waals surface area contributed by atoms with Gasteiger partial charge < -0.3 is 4.74 Å². The van der Waals surface area contributed by atoms with Crippen molar-refractivity contribution in [3.63, 3.8) is 0 Å². The van der Waals surface area contributed by atoms with E-state index in [4.69, 9.17) is 4.74 Å². The van der Waals surface area contributed by atoms with E-state index in [9.17, 15) is 18.0 Å². The lowest BCUT2D eigenvalue weighted by molar-refractivity contribution is -0.166. The van der Waals surface area contributed by atoms with Crippen LogP contribution in [0, 0.1) is 24.7 Å². The van der Waals surface area contributed by atoms with Crippen molar-refractivity contribution in [3.8, 4) is 5.75 Å². The summed E-state index contributed by atoms with van der Waals surface area (Å²) >= 11 is 0. The van der Waals surface area contributed by atoms with Crippen molar-refractivity contribution in [3.05, 3.63) is 40.7 Å². The fraction of sp³-hybridized carbons (Fsp3) is 0.591. The van der Waals surface area contributed by atoms with Crippen LogP contribution in [0.5, 0.6) is 5.75 Å². The fourth-order valence-electron chi connectivity index (χ4n) is 6.65. The number of allylic oxidation sites excluding steroid dienone is 1. The number of fused-ring (bicyclic) bond motifs is 1. The maximum Gasteiger partial charge on any atom is 0.454 e. The maximum absolute atomic E-state index is 12.8. The number of hydrogen-bond donors (Lipinski definition) is 0. The highest BCUT2D eigenvalue weighted by atomic mass is 19.4. The molecule has 0 spiro atoms. The summed E-state index contributed by atoms with van der Waals surface area (Å²) < 4.78 is 44.2. The van der Waals surface area contributed by atoms with E-state index in [1.54, 1.807) is 0 Å². The zero-order valence-corrected chi connectivity index (χ0v) is 15.4. The molecule has 144 valence electrons. The smallest absolute Gasteiger partial charge is 0.454 e. The normalized spacial score (nSPS) is 34.1. The number of ketones is 1. The van der Waals surface area contributed by atoms with Crippen LogP contribution in [-0.4, -0.2) is 12.0 Å². The molecule has 1 aliphatic heterocycles. The number of alkyl halides is 3. The molecular formula is C22H23F3O2. The highest BCUT2D eigenvalue weighted by molar-refractivity contribution is 6.00. The second-order valence-electron chi connectivity index (χ2n) is 9.26. The SMILES string of the molecule is Cc1cc2c(c(C34CC5CC(CC(C5)C3)C4)c1)OC=C(C(=O)C(F)(F)F)C2. The Morgan fingerprint density at radius 3 is 2.22 bits per heavy atom. The Morgan fingerprint density at radius 1 is 1.07 bits per heavy atom. The standard InChI is InChI=1S/C22H23F3O2/c1-12-2-16-7-17(20(26)22(23,24)25)11-27-19(16)18(3-12)21-8-13-4-14(9-21)6-15(5-13)10-21/h2-3,11,13-15H,4-10H2,1H3. The Balaban J connectivity index is 1.54. The van der Waals surface area contributed by atoms with Gasteiger partial charge in [0.25, 0.3) is 5.78 Å². The molecule has 1 heterocycles. The number of ether oxygens (including phenoxy) is 1. The molecule has 0 N–H and O–H groups in total. The lowest BCUT2D eigenvalue weighted by Crippen LogP contribution is -2.48. The molecule has 0 unspecified atom stereocenters. The summed E-state index contributed by atoms with van der Waals surface area (Å²) in [6.07, 6.45) is 3.66. The molecule has 6 rings (SSSR count). The molecule has 0 radical (unpaired) electrons. The molecule has 4 bridgehead atoms. The van der Waals surface area contributed by atoms with E-state index in [0.29, 0.717) is 5.75 Å². The molecule has 1 aromatic carbocycles. The minimum Gasteiger partial charge on any atom is -0.464 e. The van der Waals surface area contributed by atoms with Crippen LogP contribution in [0.25, 0.3) is 0 Å². The van der Waals surface area contributed by atoms with Gasteiger partial charge in [-0.25, -0.2) is 0 Å². The van der Waals surface area contributed by atoms with E-state index in [-0.39, 0.29) is 17.4 Å². The Morgan fingerprint density at radius 2 is 1.67 bits per heavy atom. The minimum absolute atomic E-state index is 0.00524. The van der Waals surface area contributed by atoms with Crippen molar-refractivity contribution in [2.24, 2.45) is 17.8 Å². The molecule has 5 heteroatoms. The van der Waals surface area contributed by atoms with E-state index < -0.39 is 12.0 Å². The first kappa shape index (κ1) is 17.3. The molecule has 27 heavy (non-hydrogen) atoms. The van der Waals surface area contributed by atoms with Gasteiger partial charge in [0.05, 0.1) is 6.26 Å². The summed E-state index contributed by atoms with van der Waals surface area (Å²) in [6, 6.07) is 4.05. The van der Waals surface area contributed by atoms with Crippen molar-refractivity contribution < 1.29 is 22.7 Å². The maximum atomic E-state index is 12.8. The fourth-order valence-corrected chi connectivity index (χ4v) is 6.65. The topological polar surface area (TPSA) is 26.3 Å². The molecule has 5 aliphatic rings. The number of Topliss-reactive ketones (excluding diaryl/α,β-unsaturated/α-hetero) is 1. The van der Waals surface area contributed by atoms with Crippen molar-refractivity contribution in [2.45, 2.75) is 63.5 Å². The summed E-state index contributed by atoms with van der Waals surface area (Å²) in [5.41, 5.74) is 2.72. The number of hydrogen-bond acceptors (Lipinski definition) is 2. The average Bonchev–Trinajstić information content (AvgIpc) is 2.57. The number of halogens is 3. The summed E-state index contributed by atoms with van der Waals surface area (Å²) in [5.74, 6) is 1.23. The third-order valence-electron chi connectivity index (χ3n) is 7.17. The zero-order chi connectivity index (χ0) is 19.0. The van der Waals surface area contributed by atoms with Crippen LogP contribution in [0.3, 0.4) is 0 Å². The van der Waals surface area contributed by atoms with Crippen LogP contribution in [0.1, 0.15) is 55.2 Å². The Labute approximate surface area is 156 Å². The number of rotatable bonds is 2. The lowest BCUT2D eigenvalue weighted by Gasteiger charge is -2.57. The van der Waals surface area contributed by atoms with Gasteiger partial charge in [-0.2, -0.15) is 13.2 Å². The van der Waals surface area contributed by atoms with Crippen molar-refractivity contribution in [1.82, 2.24) is 0 Å². The first-order valence-electron chi connectivity index (χ1n) is 9.85. The van der Waals surface area contributed by atoms with Gasteiger partial charge in [0.2, 0.25) is 0 Å². The largest absolute Gasteiger partial charge is 0.464 e. The molecule has 4 aliphatic carbocycles. The van der Waals surface area contributed by atoms with Gasteiger partial charge in [-0.05, 0) is 74.2 Å². The molecule has 1 aromatic rings. The van der Waals surface area contributed by atoms with Crippen LogP contribution in [0.15, 0.2) is 24.0 Å². The molecule has 4 saturated carbocycles. The van der Waals surface area contributed by atoms with Crippen molar-refractivity contribution in [1.29, 1.82) is 0 Å². The molecular weight excluding hydrogens is 353 g/mol. The summed E-state index contributed by atoms with van der Waals surface area (Å²) in [6.45, 7) is 1.98. The van der Waals surface area contributed by atoms with Gasteiger partial charge in [0.1, 0.15) is 5.75 Å². The number of carbonyl (C=O) groups is 1. The van der Waals surface area contributed by atoms with Crippen LogP contribution >= 0.6 is 0 Å². The van der Waals surface area contributed by atoms with Gasteiger partial charge in [-0.15, -0.1) is 0 Å². The number of carbonyl (C=O) groups excluding carboxylic acids is 1. The number of benzene rings is 1. The van der Waals surface area contributed by atoms with E-state index in [1.165, 1.54) is 24.8 Å². The highest BCUT2D eigenvalue weighted by Crippen LogP contribution is 2.62. The minimum atomic E-state index is -4.86. The Hall–Kier alpha value is -1.78. The van der Waals surface area contributed by atoms with Gasteiger partial charge in [-0.1, -0.05) is 17.7 Å². The van der Waals surface area contributed by atoms with Crippen LogP contribution < -0.4 is 4.74 Å². The van der Waals surface area contributed by atoms with Crippen LogP contribution in [0.2, 0.25) is 0 Å². The first-order valence-corrected chi connectivity index (χ1v) is 9.85. The average molecular weight is 376 g/mol. The Kier molecular flexibility index (Phi) is 3.60. The van der Waals surface area contributed by atoms with E-state index in [2.05, 4.69) is 6.07 Å². The second kappa shape index (κ2) is 5.62. The summed E-state index contributed by atoms with van der Waals surface area (Å²) in [5, 5.41) is 0. The second-order valence-corrected chi connectivity index (χ2v) is 9.26.